The number of nitrogens with one attached hydrogen (secondary N) is 2. The van der Waals surface area contributed by atoms with E-state index in [1.54, 1.807) is 12.0 Å². The number of nitrogens with zero attached hydrogens (tertiary/aromatic N) is 1. The third-order valence-corrected chi connectivity index (χ3v) is 4.15. The Balaban J connectivity index is 1.90. The molecular formula is C18H27N3O3. The molecule has 132 valence electrons. The van der Waals surface area contributed by atoms with Gasteiger partial charge < -0.3 is 20.3 Å². The second kappa shape index (κ2) is 8.68. The summed E-state index contributed by atoms with van der Waals surface area (Å²) < 4.78 is 5.04. The van der Waals surface area contributed by atoms with Crippen molar-refractivity contribution in [3.8, 4) is 0 Å². The number of carbonyl (C=O) groups excluding carboxylic acids is 2. The van der Waals surface area contributed by atoms with Crippen molar-refractivity contribution in [1.29, 1.82) is 0 Å². The molecule has 0 bridgehead atoms. The molecule has 1 fully saturated rings. The Kier molecular flexibility index (Phi) is 6.61. The fourth-order valence-corrected chi connectivity index (χ4v) is 2.95. The molecule has 1 saturated heterocycles. The summed E-state index contributed by atoms with van der Waals surface area (Å²) in [6.45, 7) is 5.50. The molecule has 1 heterocycles. The van der Waals surface area contributed by atoms with Gasteiger partial charge in [-0.1, -0.05) is 12.1 Å². The van der Waals surface area contributed by atoms with E-state index in [2.05, 4.69) is 10.6 Å². The van der Waals surface area contributed by atoms with Gasteiger partial charge in [0.15, 0.2) is 0 Å². The molecule has 0 spiro atoms. The van der Waals surface area contributed by atoms with E-state index < -0.39 is 0 Å². The van der Waals surface area contributed by atoms with Gasteiger partial charge in [0.25, 0.3) is 0 Å². The molecule has 0 aromatic heterocycles. The van der Waals surface area contributed by atoms with Crippen LogP contribution in [0.1, 0.15) is 25.3 Å². The van der Waals surface area contributed by atoms with Gasteiger partial charge in [0, 0.05) is 31.9 Å². The van der Waals surface area contributed by atoms with E-state index in [0.717, 1.165) is 24.1 Å². The van der Waals surface area contributed by atoms with E-state index in [4.69, 9.17) is 4.74 Å². The maximum atomic E-state index is 12.4. The number of carbonyl (C=O) groups is 2. The fourth-order valence-electron chi connectivity index (χ4n) is 2.95. The molecule has 1 aliphatic rings. The highest BCUT2D eigenvalue weighted by molar-refractivity contribution is 5.90. The SMILES string of the molecule is COCC(C)NC(=O)C1CCCN(C(=O)Nc2cccc(C)c2)C1. The molecule has 2 N–H and O–H groups in total. The molecule has 3 amide bonds. The van der Waals surface area contributed by atoms with Gasteiger partial charge in [-0.25, -0.2) is 4.79 Å². The maximum absolute atomic E-state index is 12.4. The van der Waals surface area contributed by atoms with Crippen LogP contribution in [-0.4, -0.2) is 49.7 Å². The topological polar surface area (TPSA) is 70.7 Å². The van der Waals surface area contributed by atoms with Crippen LogP contribution in [0.25, 0.3) is 0 Å². The number of urea groups is 1. The smallest absolute Gasteiger partial charge is 0.321 e. The number of amides is 3. The summed E-state index contributed by atoms with van der Waals surface area (Å²) >= 11 is 0. The zero-order chi connectivity index (χ0) is 17.5. The highest BCUT2D eigenvalue weighted by Gasteiger charge is 2.29. The van der Waals surface area contributed by atoms with E-state index in [1.807, 2.05) is 38.1 Å². The summed E-state index contributed by atoms with van der Waals surface area (Å²) in [5.74, 6) is -0.172. The van der Waals surface area contributed by atoms with Gasteiger partial charge in [0.1, 0.15) is 0 Å². The van der Waals surface area contributed by atoms with Crippen LogP contribution < -0.4 is 10.6 Å². The summed E-state index contributed by atoms with van der Waals surface area (Å²) in [7, 11) is 1.61. The van der Waals surface area contributed by atoms with Gasteiger partial charge in [-0.2, -0.15) is 0 Å². The number of piperidine rings is 1. The minimum absolute atomic E-state index is 0.00685. The molecule has 2 rings (SSSR count). The van der Waals surface area contributed by atoms with E-state index in [1.165, 1.54) is 0 Å². The normalized spacial score (nSPS) is 18.8. The van der Waals surface area contributed by atoms with Crippen molar-refractivity contribution >= 4 is 17.6 Å². The van der Waals surface area contributed by atoms with Crippen molar-refractivity contribution in [3.63, 3.8) is 0 Å². The highest BCUT2D eigenvalue weighted by atomic mass is 16.5. The number of hydrogen-bond acceptors (Lipinski definition) is 3. The lowest BCUT2D eigenvalue weighted by Gasteiger charge is -2.32. The van der Waals surface area contributed by atoms with Crippen LogP contribution in [0.15, 0.2) is 24.3 Å². The summed E-state index contributed by atoms with van der Waals surface area (Å²) in [5.41, 5.74) is 1.87. The first-order valence-electron chi connectivity index (χ1n) is 8.41. The van der Waals surface area contributed by atoms with Crippen LogP contribution in [-0.2, 0) is 9.53 Å². The summed E-state index contributed by atoms with van der Waals surface area (Å²) in [6, 6.07) is 7.51. The van der Waals surface area contributed by atoms with E-state index >= 15 is 0 Å². The van der Waals surface area contributed by atoms with Crippen molar-refractivity contribution in [3.05, 3.63) is 29.8 Å². The number of rotatable bonds is 5. The van der Waals surface area contributed by atoms with Gasteiger partial charge in [0.05, 0.1) is 12.5 Å². The Morgan fingerprint density at radius 1 is 1.42 bits per heavy atom. The van der Waals surface area contributed by atoms with Crippen molar-refractivity contribution in [1.82, 2.24) is 10.2 Å². The molecule has 24 heavy (non-hydrogen) atoms. The number of anilines is 1. The molecular weight excluding hydrogens is 306 g/mol. The first kappa shape index (κ1) is 18.3. The number of aryl methyl sites for hydroxylation is 1. The second-order valence-corrected chi connectivity index (χ2v) is 6.45. The van der Waals surface area contributed by atoms with E-state index in [0.29, 0.717) is 19.7 Å². The monoisotopic (exact) mass is 333 g/mol. The Bertz CT molecular complexity index is 576. The van der Waals surface area contributed by atoms with Crippen molar-refractivity contribution < 1.29 is 14.3 Å². The van der Waals surface area contributed by atoms with Crippen molar-refractivity contribution in [2.45, 2.75) is 32.7 Å². The lowest BCUT2D eigenvalue weighted by molar-refractivity contribution is -0.127. The second-order valence-electron chi connectivity index (χ2n) is 6.45. The Labute approximate surface area is 143 Å². The molecule has 0 aliphatic carbocycles. The van der Waals surface area contributed by atoms with Crippen LogP contribution in [0.3, 0.4) is 0 Å². The zero-order valence-corrected chi connectivity index (χ0v) is 14.7. The molecule has 2 atom stereocenters. The van der Waals surface area contributed by atoms with E-state index in [-0.39, 0.29) is 23.9 Å². The number of methoxy groups -OCH3 is 1. The maximum Gasteiger partial charge on any atom is 0.321 e. The Morgan fingerprint density at radius 3 is 2.92 bits per heavy atom. The van der Waals surface area contributed by atoms with Crippen molar-refractivity contribution in [2.24, 2.45) is 5.92 Å². The zero-order valence-electron chi connectivity index (χ0n) is 14.7. The molecule has 1 aliphatic heterocycles. The van der Waals surface area contributed by atoms with Gasteiger partial charge in [-0.15, -0.1) is 0 Å². The van der Waals surface area contributed by atoms with Gasteiger partial charge in [0.2, 0.25) is 5.91 Å². The number of ether oxygens (including phenoxy) is 1. The average Bonchev–Trinajstić information content (AvgIpc) is 2.55. The largest absolute Gasteiger partial charge is 0.383 e. The Morgan fingerprint density at radius 2 is 2.21 bits per heavy atom. The third-order valence-electron chi connectivity index (χ3n) is 4.15. The molecule has 2 unspecified atom stereocenters. The van der Waals surface area contributed by atoms with Gasteiger partial charge in [-0.3, -0.25) is 4.79 Å². The minimum Gasteiger partial charge on any atom is -0.383 e. The van der Waals surface area contributed by atoms with Crippen LogP contribution in [0.5, 0.6) is 0 Å². The van der Waals surface area contributed by atoms with Gasteiger partial charge >= 0.3 is 6.03 Å². The van der Waals surface area contributed by atoms with Crippen LogP contribution >= 0.6 is 0 Å². The number of likely N-dealkylation sites (tertiary alicyclic amines) is 1. The first-order chi connectivity index (χ1) is 11.5. The molecule has 1 aromatic rings. The van der Waals surface area contributed by atoms with E-state index in [9.17, 15) is 9.59 Å². The first-order valence-corrected chi connectivity index (χ1v) is 8.41. The fraction of sp³-hybridized carbons (Fsp3) is 0.556. The molecule has 6 nitrogen and oxygen atoms in total. The lowest BCUT2D eigenvalue weighted by Crippen LogP contribution is -2.48. The standard InChI is InChI=1S/C18H27N3O3/c1-13-6-4-8-16(10-13)20-18(23)21-9-5-7-15(11-21)17(22)19-14(2)12-24-3/h4,6,8,10,14-15H,5,7,9,11-12H2,1-3H3,(H,19,22)(H,20,23). The molecule has 1 aromatic carbocycles. The van der Waals surface area contributed by atoms with Gasteiger partial charge in [-0.05, 0) is 44.4 Å². The number of hydrogen-bond donors (Lipinski definition) is 2. The predicted molar refractivity (Wildman–Crippen MR) is 94.0 cm³/mol. The average molecular weight is 333 g/mol. The summed E-state index contributed by atoms with van der Waals surface area (Å²) in [4.78, 5) is 26.5. The van der Waals surface area contributed by atoms with Crippen molar-refractivity contribution in [2.75, 3.05) is 32.1 Å². The quantitative estimate of drug-likeness (QED) is 0.869. The number of benzene rings is 1. The van der Waals surface area contributed by atoms with Crippen LogP contribution in [0.2, 0.25) is 0 Å². The molecule has 0 radical (unpaired) electrons. The highest BCUT2D eigenvalue weighted by Crippen LogP contribution is 2.18. The van der Waals surface area contributed by atoms with Crippen LogP contribution in [0, 0.1) is 12.8 Å². The minimum atomic E-state index is -0.165. The Hall–Kier alpha value is -2.08. The molecule has 6 heteroatoms. The predicted octanol–water partition coefficient (Wildman–Crippen LogP) is 2.39. The summed E-state index contributed by atoms with van der Waals surface area (Å²) in [5, 5.41) is 5.85. The van der Waals surface area contributed by atoms with Crippen LogP contribution in [0.4, 0.5) is 10.5 Å². The lowest BCUT2D eigenvalue weighted by atomic mass is 9.97. The summed E-state index contributed by atoms with van der Waals surface area (Å²) in [6.07, 6.45) is 1.64. The third kappa shape index (κ3) is 5.23. The molecule has 0 saturated carbocycles.